The summed E-state index contributed by atoms with van der Waals surface area (Å²) >= 11 is 0. The highest BCUT2D eigenvalue weighted by molar-refractivity contribution is 5.93. The topological polar surface area (TPSA) is 46.5 Å². The molecule has 0 bridgehead atoms. The number of ether oxygens (including phenoxy) is 1. The number of carbonyl (C=O) groups is 1. The summed E-state index contributed by atoms with van der Waals surface area (Å²) in [5.74, 6) is 0.308. The van der Waals surface area contributed by atoms with Crippen LogP contribution < -0.4 is 0 Å². The van der Waals surface area contributed by atoms with Crippen molar-refractivity contribution in [1.82, 2.24) is 0 Å². The molecule has 98 valence electrons. The van der Waals surface area contributed by atoms with Crippen LogP contribution in [0.4, 0.5) is 0 Å². The van der Waals surface area contributed by atoms with Gasteiger partial charge in [-0.05, 0) is 36.6 Å². The van der Waals surface area contributed by atoms with Crippen LogP contribution in [-0.2, 0) is 9.53 Å². The van der Waals surface area contributed by atoms with Gasteiger partial charge in [0.2, 0.25) is 0 Å². The lowest BCUT2D eigenvalue weighted by Crippen LogP contribution is -2.12. The van der Waals surface area contributed by atoms with E-state index in [1.54, 1.807) is 37.3 Å². The first-order chi connectivity index (χ1) is 8.52. The van der Waals surface area contributed by atoms with Crippen LogP contribution in [0.1, 0.15) is 32.8 Å². The Labute approximate surface area is 108 Å². The molecule has 0 unspecified atom stereocenters. The normalized spacial score (nSPS) is 13.2. The van der Waals surface area contributed by atoms with Crippen LogP contribution in [-0.4, -0.2) is 17.7 Å². The van der Waals surface area contributed by atoms with Crippen molar-refractivity contribution in [3.8, 4) is 5.75 Å². The highest BCUT2D eigenvalue weighted by atomic mass is 16.5. The highest BCUT2D eigenvalue weighted by Gasteiger charge is 2.08. The molecule has 0 heterocycles. The molecular formula is C15H20O3. The van der Waals surface area contributed by atoms with Crippen LogP contribution >= 0.6 is 0 Å². The Morgan fingerprint density at radius 3 is 2.56 bits per heavy atom. The molecule has 0 saturated carbocycles. The Bertz CT molecular complexity index is 418. The largest absolute Gasteiger partial charge is 0.508 e. The molecule has 0 aliphatic carbocycles. The molecule has 0 amide bonds. The molecule has 18 heavy (non-hydrogen) atoms. The van der Waals surface area contributed by atoms with Crippen molar-refractivity contribution < 1.29 is 14.6 Å². The molecule has 1 N–H and O–H groups in total. The number of esters is 1. The predicted molar refractivity (Wildman–Crippen MR) is 72.2 cm³/mol. The first kappa shape index (κ1) is 14.3. The summed E-state index contributed by atoms with van der Waals surface area (Å²) in [6, 6.07) is 6.68. The van der Waals surface area contributed by atoms with Crippen LogP contribution in [0.25, 0.3) is 6.08 Å². The van der Waals surface area contributed by atoms with Crippen LogP contribution in [0.3, 0.4) is 0 Å². The van der Waals surface area contributed by atoms with E-state index in [2.05, 4.69) is 6.92 Å². The molecular weight excluding hydrogens is 228 g/mol. The SMILES string of the molecule is CC[C@H](C)COC(=O)C(C)=Cc1ccc(O)cc1. The molecule has 0 radical (unpaired) electrons. The van der Waals surface area contributed by atoms with E-state index in [1.165, 1.54) is 0 Å². The van der Waals surface area contributed by atoms with E-state index in [0.29, 0.717) is 18.1 Å². The standard InChI is InChI=1S/C15H20O3/c1-4-11(2)10-18-15(17)12(3)9-13-5-7-14(16)8-6-13/h5-9,11,16H,4,10H2,1-3H3/t11-/m0/s1. The first-order valence-electron chi connectivity index (χ1n) is 6.17. The Hall–Kier alpha value is -1.77. The van der Waals surface area contributed by atoms with Gasteiger partial charge in [0, 0.05) is 5.57 Å². The molecule has 0 saturated heterocycles. The van der Waals surface area contributed by atoms with Crippen LogP contribution in [0.5, 0.6) is 5.75 Å². The molecule has 0 aliphatic heterocycles. The highest BCUT2D eigenvalue weighted by Crippen LogP contribution is 2.13. The van der Waals surface area contributed by atoms with Gasteiger partial charge in [-0.3, -0.25) is 0 Å². The van der Waals surface area contributed by atoms with Gasteiger partial charge >= 0.3 is 5.97 Å². The Morgan fingerprint density at radius 2 is 2.00 bits per heavy atom. The third-order valence-electron chi connectivity index (χ3n) is 2.79. The predicted octanol–water partition coefficient (Wildman–Crippen LogP) is 3.38. The maximum atomic E-state index is 11.7. The van der Waals surface area contributed by atoms with Gasteiger partial charge in [-0.1, -0.05) is 32.4 Å². The number of phenols is 1. The summed E-state index contributed by atoms with van der Waals surface area (Å²) in [5.41, 5.74) is 1.43. The molecule has 0 aliphatic rings. The van der Waals surface area contributed by atoms with E-state index in [0.717, 1.165) is 12.0 Å². The quantitative estimate of drug-likeness (QED) is 0.641. The van der Waals surface area contributed by atoms with Gasteiger partial charge in [-0.2, -0.15) is 0 Å². The maximum Gasteiger partial charge on any atom is 0.333 e. The average molecular weight is 248 g/mol. The zero-order valence-corrected chi connectivity index (χ0v) is 11.1. The molecule has 1 aromatic carbocycles. The average Bonchev–Trinajstić information content (AvgIpc) is 2.38. The monoisotopic (exact) mass is 248 g/mol. The number of hydrogen-bond donors (Lipinski definition) is 1. The fraction of sp³-hybridized carbons (Fsp3) is 0.400. The van der Waals surface area contributed by atoms with Gasteiger partial charge in [0.05, 0.1) is 6.61 Å². The lowest BCUT2D eigenvalue weighted by Gasteiger charge is -2.09. The van der Waals surface area contributed by atoms with E-state index < -0.39 is 0 Å². The fourth-order valence-electron chi connectivity index (χ4n) is 1.33. The molecule has 1 aromatic rings. The van der Waals surface area contributed by atoms with E-state index in [1.807, 2.05) is 6.92 Å². The van der Waals surface area contributed by atoms with Crippen LogP contribution in [0.15, 0.2) is 29.8 Å². The lowest BCUT2D eigenvalue weighted by molar-refractivity contribution is -0.140. The second-order valence-corrected chi connectivity index (χ2v) is 4.53. The van der Waals surface area contributed by atoms with E-state index in [4.69, 9.17) is 9.84 Å². The second kappa shape index (κ2) is 6.84. The summed E-state index contributed by atoms with van der Waals surface area (Å²) in [5, 5.41) is 9.16. The fourth-order valence-corrected chi connectivity index (χ4v) is 1.33. The molecule has 1 atom stereocenters. The molecule has 1 rings (SSSR count). The number of benzene rings is 1. The molecule has 3 heteroatoms. The lowest BCUT2D eigenvalue weighted by atomic mass is 10.1. The first-order valence-corrected chi connectivity index (χ1v) is 6.17. The van der Waals surface area contributed by atoms with Crippen molar-refractivity contribution in [3.63, 3.8) is 0 Å². The van der Waals surface area contributed by atoms with Crippen molar-refractivity contribution >= 4 is 12.0 Å². The summed E-state index contributed by atoms with van der Waals surface area (Å²) in [6.45, 7) is 6.30. The number of phenolic OH excluding ortho intramolecular Hbond substituents is 1. The van der Waals surface area contributed by atoms with E-state index >= 15 is 0 Å². The van der Waals surface area contributed by atoms with Gasteiger partial charge in [-0.25, -0.2) is 4.79 Å². The third-order valence-corrected chi connectivity index (χ3v) is 2.79. The minimum atomic E-state index is -0.289. The minimum absolute atomic E-state index is 0.212. The Morgan fingerprint density at radius 1 is 1.39 bits per heavy atom. The van der Waals surface area contributed by atoms with Crippen LogP contribution in [0, 0.1) is 5.92 Å². The van der Waals surface area contributed by atoms with Crippen molar-refractivity contribution in [2.24, 2.45) is 5.92 Å². The minimum Gasteiger partial charge on any atom is -0.508 e. The smallest absolute Gasteiger partial charge is 0.333 e. The molecule has 3 nitrogen and oxygen atoms in total. The van der Waals surface area contributed by atoms with E-state index in [-0.39, 0.29) is 11.7 Å². The number of hydrogen-bond acceptors (Lipinski definition) is 3. The van der Waals surface area contributed by atoms with Crippen molar-refractivity contribution in [1.29, 1.82) is 0 Å². The summed E-state index contributed by atoms with van der Waals surface area (Å²) in [6.07, 6.45) is 2.74. The van der Waals surface area contributed by atoms with Crippen LogP contribution in [0.2, 0.25) is 0 Å². The zero-order valence-electron chi connectivity index (χ0n) is 11.1. The van der Waals surface area contributed by atoms with Crippen molar-refractivity contribution in [3.05, 3.63) is 35.4 Å². The van der Waals surface area contributed by atoms with Gasteiger partial charge < -0.3 is 9.84 Å². The zero-order chi connectivity index (χ0) is 13.5. The summed E-state index contributed by atoms with van der Waals surface area (Å²) in [4.78, 5) is 11.7. The Kier molecular flexibility index (Phi) is 5.43. The number of aromatic hydroxyl groups is 1. The van der Waals surface area contributed by atoms with Gasteiger partial charge in [0.15, 0.2) is 0 Å². The van der Waals surface area contributed by atoms with Gasteiger partial charge in [0.1, 0.15) is 5.75 Å². The molecule has 0 spiro atoms. The summed E-state index contributed by atoms with van der Waals surface area (Å²) in [7, 11) is 0. The van der Waals surface area contributed by atoms with Crippen molar-refractivity contribution in [2.75, 3.05) is 6.61 Å². The Balaban J connectivity index is 2.60. The number of carbonyl (C=O) groups excluding carboxylic acids is 1. The molecule has 0 aromatic heterocycles. The molecule has 0 fully saturated rings. The van der Waals surface area contributed by atoms with Gasteiger partial charge in [0.25, 0.3) is 0 Å². The summed E-state index contributed by atoms with van der Waals surface area (Å²) < 4.78 is 5.20. The second-order valence-electron chi connectivity index (χ2n) is 4.53. The van der Waals surface area contributed by atoms with Crippen molar-refractivity contribution in [2.45, 2.75) is 27.2 Å². The van der Waals surface area contributed by atoms with Gasteiger partial charge in [-0.15, -0.1) is 0 Å². The maximum absolute atomic E-state index is 11.7. The third kappa shape index (κ3) is 4.62. The number of rotatable bonds is 5. The van der Waals surface area contributed by atoms with E-state index in [9.17, 15) is 4.79 Å².